The lowest BCUT2D eigenvalue weighted by Gasteiger charge is -2.19. The number of nitrogens with zero attached hydrogens (tertiary/aromatic N) is 2. The average molecular weight is 289 g/mol. The summed E-state index contributed by atoms with van der Waals surface area (Å²) in [5, 5.41) is 13.8. The summed E-state index contributed by atoms with van der Waals surface area (Å²) in [6.07, 6.45) is -1.24. The summed E-state index contributed by atoms with van der Waals surface area (Å²) in [6.45, 7) is 1.97. The van der Waals surface area contributed by atoms with Gasteiger partial charge in [-0.05, 0) is 24.8 Å². The zero-order chi connectivity index (χ0) is 14.9. The molecule has 1 N–H and O–H groups in total. The van der Waals surface area contributed by atoms with E-state index in [0.29, 0.717) is 12.3 Å². The fourth-order valence-corrected chi connectivity index (χ4v) is 2.42. The van der Waals surface area contributed by atoms with Crippen molar-refractivity contribution in [3.8, 4) is 0 Å². The van der Waals surface area contributed by atoms with Gasteiger partial charge in [0, 0.05) is 6.04 Å². The lowest BCUT2D eigenvalue weighted by Crippen LogP contribution is -2.23. The van der Waals surface area contributed by atoms with Gasteiger partial charge in [0.05, 0.1) is 4.92 Å². The Morgan fingerprint density at radius 2 is 2.15 bits per heavy atom. The maximum atomic E-state index is 12.6. The van der Waals surface area contributed by atoms with Gasteiger partial charge in [-0.15, -0.1) is 0 Å². The van der Waals surface area contributed by atoms with E-state index in [0.717, 1.165) is 19.3 Å². The lowest BCUT2D eigenvalue weighted by molar-refractivity contribution is -0.384. The number of halogens is 3. The minimum atomic E-state index is -4.62. The van der Waals surface area contributed by atoms with E-state index in [9.17, 15) is 23.3 Å². The van der Waals surface area contributed by atoms with Gasteiger partial charge in [-0.25, -0.2) is 4.98 Å². The molecule has 1 saturated carbocycles. The van der Waals surface area contributed by atoms with Gasteiger partial charge in [-0.2, -0.15) is 13.2 Å². The number of anilines is 1. The van der Waals surface area contributed by atoms with Crippen LogP contribution in [0.15, 0.2) is 12.3 Å². The predicted octanol–water partition coefficient (Wildman–Crippen LogP) is 3.61. The van der Waals surface area contributed by atoms with Crippen LogP contribution >= 0.6 is 0 Å². The molecule has 1 heterocycles. The molecule has 8 heteroatoms. The largest absolute Gasteiger partial charge is 0.433 e. The van der Waals surface area contributed by atoms with Gasteiger partial charge in [0.25, 0.3) is 0 Å². The first-order chi connectivity index (χ1) is 9.29. The van der Waals surface area contributed by atoms with E-state index in [1.165, 1.54) is 0 Å². The van der Waals surface area contributed by atoms with Crippen molar-refractivity contribution in [2.75, 3.05) is 5.32 Å². The SMILES string of the molecule is CC1CCCC1Nc1cc(C(F)(F)F)ncc1[N+](=O)[O-]. The van der Waals surface area contributed by atoms with E-state index in [1.54, 1.807) is 0 Å². The van der Waals surface area contributed by atoms with Crippen molar-refractivity contribution in [3.05, 3.63) is 28.1 Å². The third kappa shape index (κ3) is 3.00. The first-order valence-electron chi connectivity index (χ1n) is 6.27. The second-order valence-corrected chi connectivity index (χ2v) is 5.00. The number of nitrogens with one attached hydrogen (secondary N) is 1. The van der Waals surface area contributed by atoms with E-state index in [-0.39, 0.29) is 17.6 Å². The molecule has 20 heavy (non-hydrogen) atoms. The van der Waals surface area contributed by atoms with Crippen molar-refractivity contribution in [1.29, 1.82) is 0 Å². The lowest BCUT2D eigenvalue weighted by atomic mass is 10.1. The third-order valence-corrected chi connectivity index (χ3v) is 3.57. The summed E-state index contributed by atoms with van der Waals surface area (Å²) in [7, 11) is 0. The molecule has 0 radical (unpaired) electrons. The highest BCUT2D eigenvalue weighted by atomic mass is 19.4. The van der Waals surface area contributed by atoms with E-state index < -0.39 is 22.5 Å². The van der Waals surface area contributed by atoms with Crippen LogP contribution in [0.2, 0.25) is 0 Å². The van der Waals surface area contributed by atoms with Crippen molar-refractivity contribution in [2.45, 2.75) is 38.4 Å². The Morgan fingerprint density at radius 3 is 2.65 bits per heavy atom. The molecule has 110 valence electrons. The number of alkyl halides is 3. The van der Waals surface area contributed by atoms with Crippen molar-refractivity contribution >= 4 is 11.4 Å². The molecule has 5 nitrogen and oxygen atoms in total. The molecule has 1 aromatic rings. The van der Waals surface area contributed by atoms with Crippen LogP contribution in [-0.4, -0.2) is 15.9 Å². The normalized spacial score (nSPS) is 22.8. The summed E-state index contributed by atoms with van der Waals surface area (Å²) in [5.74, 6) is 0.275. The smallest absolute Gasteiger partial charge is 0.376 e. The van der Waals surface area contributed by atoms with Crippen molar-refractivity contribution in [2.24, 2.45) is 5.92 Å². The molecule has 2 rings (SSSR count). The van der Waals surface area contributed by atoms with Crippen LogP contribution in [0.1, 0.15) is 31.9 Å². The van der Waals surface area contributed by atoms with Gasteiger partial charge in [0.2, 0.25) is 0 Å². The van der Waals surface area contributed by atoms with Crippen LogP contribution in [0, 0.1) is 16.0 Å². The van der Waals surface area contributed by atoms with Gasteiger partial charge >= 0.3 is 11.9 Å². The molecule has 1 aromatic heterocycles. The monoisotopic (exact) mass is 289 g/mol. The van der Waals surface area contributed by atoms with Crippen molar-refractivity contribution < 1.29 is 18.1 Å². The molecular formula is C12H14F3N3O2. The van der Waals surface area contributed by atoms with Crippen LogP contribution in [0.4, 0.5) is 24.5 Å². The topological polar surface area (TPSA) is 68.1 Å². The fourth-order valence-electron chi connectivity index (χ4n) is 2.42. The van der Waals surface area contributed by atoms with Crippen LogP contribution in [0.5, 0.6) is 0 Å². The molecule has 0 spiro atoms. The minimum Gasteiger partial charge on any atom is -0.376 e. The standard InChI is InChI=1S/C12H14F3N3O2/c1-7-3-2-4-8(7)17-9-5-11(12(13,14)15)16-6-10(9)18(19)20/h5-8H,2-4H2,1H3,(H,16,17). The number of nitro groups is 1. The molecule has 0 aliphatic heterocycles. The molecule has 0 saturated heterocycles. The number of rotatable bonds is 3. The van der Waals surface area contributed by atoms with E-state index in [2.05, 4.69) is 10.3 Å². The van der Waals surface area contributed by atoms with Gasteiger partial charge < -0.3 is 5.32 Å². The number of aromatic nitrogens is 1. The number of hydrogen-bond donors (Lipinski definition) is 1. The quantitative estimate of drug-likeness (QED) is 0.681. The highest BCUT2D eigenvalue weighted by molar-refractivity contribution is 5.61. The Hall–Kier alpha value is -1.86. The Balaban J connectivity index is 2.34. The van der Waals surface area contributed by atoms with E-state index in [4.69, 9.17) is 0 Å². The molecule has 1 aliphatic rings. The molecule has 2 atom stereocenters. The molecule has 1 fully saturated rings. The summed E-state index contributed by atoms with van der Waals surface area (Å²) >= 11 is 0. The number of hydrogen-bond acceptors (Lipinski definition) is 4. The maximum Gasteiger partial charge on any atom is 0.433 e. The van der Waals surface area contributed by atoms with Crippen LogP contribution in [0.25, 0.3) is 0 Å². The summed E-state index contributed by atoms with van der Waals surface area (Å²) in [6, 6.07) is 0.667. The molecule has 0 bridgehead atoms. The highest BCUT2D eigenvalue weighted by Crippen LogP contribution is 2.35. The van der Waals surface area contributed by atoms with Crippen LogP contribution < -0.4 is 5.32 Å². The third-order valence-electron chi connectivity index (χ3n) is 3.57. The first-order valence-corrected chi connectivity index (χ1v) is 6.27. The van der Waals surface area contributed by atoms with Gasteiger partial charge in [0.1, 0.15) is 17.6 Å². The first kappa shape index (κ1) is 14.5. The molecule has 0 amide bonds. The molecule has 2 unspecified atom stereocenters. The fraction of sp³-hybridized carbons (Fsp3) is 0.583. The second-order valence-electron chi connectivity index (χ2n) is 5.00. The minimum absolute atomic E-state index is 0.0443. The Kier molecular flexibility index (Phi) is 3.82. The zero-order valence-corrected chi connectivity index (χ0v) is 10.8. The summed E-state index contributed by atoms with van der Waals surface area (Å²) < 4.78 is 37.9. The summed E-state index contributed by atoms with van der Waals surface area (Å²) in [4.78, 5) is 13.3. The second kappa shape index (κ2) is 5.26. The van der Waals surface area contributed by atoms with Gasteiger partial charge in [-0.3, -0.25) is 10.1 Å². The van der Waals surface area contributed by atoms with Crippen LogP contribution in [-0.2, 0) is 6.18 Å². The predicted molar refractivity (Wildman–Crippen MR) is 66.3 cm³/mol. The highest BCUT2D eigenvalue weighted by Gasteiger charge is 2.35. The van der Waals surface area contributed by atoms with Crippen molar-refractivity contribution in [3.63, 3.8) is 0 Å². The van der Waals surface area contributed by atoms with Gasteiger partial charge in [0.15, 0.2) is 0 Å². The average Bonchev–Trinajstić information content (AvgIpc) is 2.73. The Labute approximate surface area is 113 Å². The number of pyridine rings is 1. The maximum absolute atomic E-state index is 12.6. The summed E-state index contributed by atoms with van der Waals surface area (Å²) in [5.41, 5.74) is -1.68. The van der Waals surface area contributed by atoms with Crippen molar-refractivity contribution in [1.82, 2.24) is 4.98 Å². The molecular weight excluding hydrogens is 275 g/mol. The Morgan fingerprint density at radius 1 is 1.45 bits per heavy atom. The van der Waals surface area contributed by atoms with Gasteiger partial charge in [-0.1, -0.05) is 13.3 Å². The zero-order valence-electron chi connectivity index (χ0n) is 10.8. The van der Waals surface area contributed by atoms with E-state index >= 15 is 0 Å². The van der Waals surface area contributed by atoms with Crippen LogP contribution in [0.3, 0.4) is 0 Å². The Bertz CT molecular complexity index is 519. The molecule has 0 aromatic carbocycles. The molecule has 1 aliphatic carbocycles. The van der Waals surface area contributed by atoms with E-state index in [1.807, 2.05) is 6.92 Å².